The lowest BCUT2D eigenvalue weighted by Gasteiger charge is -2.30. The molecule has 1 unspecified atom stereocenters. The second kappa shape index (κ2) is 12.0. The normalized spacial score (nSPS) is 15.6. The SMILES string of the molecule is Cc1cc(OCCCC2CCN(c3nc(C(C)C)no3)CC2)ccc1C(=O)NCC(O)CO. The van der Waals surface area contributed by atoms with Crippen molar-refractivity contribution in [1.82, 2.24) is 15.5 Å². The number of nitrogens with one attached hydrogen (secondary N) is 1. The maximum atomic E-state index is 12.2. The number of benzene rings is 1. The van der Waals surface area contributed by atoms with Crippen molar-refractivity contribution in [2.24, 2.45) is 5.92 Å². The molecule has 1 aromatic carbocycles. The van der Waals surface area contributed by atoms with Gasteiger partial charge in [-0.15, -0.1) is 0 Å². The summed E-state index contributed by atoms with van der Waals surface area (Å²) < 4.78 is 11.3. The molecule has 2 heterocycles. The number of carbonyl (C=O) groups excluding carboxylic acids is 1. The van der Waals surface area contributed by atoms with Crippen molar-refractivity contribution in [3.05, 3.63) is 35.2 Å². The number of piperidine rings is 1. The van der Waals surface area contributed by atoms with E-state index in [1.807, 2.05) is 13.0 Å². The first-order valence-corrected chi connectivity index (χ1v) is 11.8. The van der Waals surface area contributed by atoms with Gasteiger partial charge < -0.3 is 29.7 Å². The molecule has 1 aromatic heterocycles. The highest BCUT2D eigenvalue weighted by Gasteiger charge is 2.23. The Bertz CT molecular complexity index is 893. The molecule has 1 aliphatic heterocycles. The predicted octanol–water partition coefficient (Wildman–Crippen LogP) is 2.66. The van der Waals surface area contributed by atoms with Crippen LogP contribution in [-0.4, -0.2) is 65.2 Å². The third-order valence-corrected chi connectivity index (χ3v) is 6.01. The van der Waals surface area contributed by atoms with Gasteiger partial charge in [0, 0.05) is 31.1 Å². The van der Waals surface area contributed by atoms with Gasteiger partial charge in [0.05, 0.1) is 19.3 Å². The number of anilines is 1. The van der Waals surface area contributed by atoms with Crippen LogP contribution in [0.4, 0.5) is 6.01 Å². The number of amides is 1. The first-order chi connectivity index (χ1) is 15.9. The van der Waals surface area contributed by atoms with E-state index in [1.165, 1.54) is 0 Å². The van der Waals surface area contributed by atoms with Crippen molar-refractivity contribution in [3.8, 4) is 5.75 Å². The summed E-state index contributed by atoms with van der Waals surface area (Å²) in [7, 11) is 0. The van der Waals surface area contributed by atoms with Gasteiger partial charge in [0.1, 0.15) is 5.75 Å². The Morgan fingerprint density at radius 1 is 1.33 bits per heavy atom. The van der Waals surface area contributed by atoms with Crippen LogP contribution in [0.2, 0.25) is 0 Å². The summed E-state index contributed by atoms with van der Waals surface area (Å²) in [6.07, 6.45) is 3.34. The Balaban J connectivity index is 1.36. The number of carbonyl (C=O) groups is 1. The first-order valence-electron chi connectivity index (χ1n) is 11.8. The Labute approximate surface area is 195 Å². The number of aliphatic hydroxyl groups excluding tert-OH is 2. The highest BCUT2D eigenvalue weighted by molar-refractivity contribution is 5.95. The van der Waals surface area contributed by atoms with E-state index in [9.17, 15) is 9.90 Å². The molecule has 0 aliphatic carbocycles. The van der Waals surface area contributed by atoms with Gasteiger partial charge >= 0.3 is 6.01 Å². The zero-order valence-corrected chi connectivity index (χ0v) is 19.8. The van der Waals surface area contributed by atoms with Gasteiger partial charge in [-0.05, 0) is 62.3 Å². The number of ether oxygens (including phenoxy) is 1. The van der Waals surface area contributed by atoms with Crippen LogP contribution >= 0.6 is 0 Å². The minimum absolute atomic E-state index is 0.0137. The lowest BCUT2D eigenvalue weighted by atomic mass is 9.92. The van der Waals surface area contributed by atoms with E-state index in [4.69, 9.17) is 14.4 Å². The molecule has 33 heavy (non-hydrogen) atoms. The Morgan fingerprint density at radius 2 is 2.09 bits per heavy atom. The van der Waals surface area contributed by atoms with E-state index in [-0.39, 0.29) is 25.0 Å². The van der Waals surface area contributed by atoms with E-state index in [2.05, 4.69) is 34.2 Å². The van der Waals surface area contributed by atoms with Crippen LogP contribution in [-0.2, 0) is 0 Å². The van der Waals surface area contributed by atoms with E-state index < -0.39 is 6.10 Å². The molecular weight excluding hydrogens is 424 g/mol. The number of nitrogens with zero attached hydrogens (tertiary/aromatic N) is 3. The lowest BCUT2D eigenvalue weighted by molar-refractivity contribution is 0.0801. The van der Waals surface area contributed by atoms with Crippen LogP contribution in [0, 0.1) is 12.8 Å². The summed E-state index contributed by atoms with van der Waals surface area (Å²) in [4.78, 5) is 18.9. The number of aryl methyl sites for hydroxylation is 1. The largest absolute Gasteiger partial charge is 0.494 e. The Morgan fingerprint density at radius 3 is 2.73 bits per heavy atom. The van der Waals surface area contributed by atoms with Crippen LogP contribution in [0.15, 0.2) is 22.7 Å². The maximum Gasteiger partial charge on any atom is 0.324 e. The quantitative estimate of drug-likeness (QED) is 0.438. The van der Waals surface area contributed by atoms with E-state index >= 15 is 0 Å². The molecule has 3 N–H and O–H groups in total. The zero-order chi connectivity index (χ0) is 23.8. The summed E-state index contributed by atoms with van der Waals surface area (Å²) in [5.74, 6) is 2.15. The number of aliphatic hydroxyl groups is 2. The Kier molecular flexibility index (Phi) is 9.08. The maximum absolute atomic E-state index is 12.2. The van der Waals surface area contributed by atoms with Crippen LogP contribution in [0.25, 0.3) is 0 Å². The summed E-state index contributed by atoms with van der Waals surface area (Å²) >= 11 is 0. The van der Waals surface area contributed by atoms with E-state index in [0.29, 0.717) is 24.1 Å². The smallest absolute Gasteiger partial charge is 0.324 e. The average Bonchev–Trinajstić information content (AvgIpc) is 3.31. The molecule has 2 aromatic rings. The molecule has 3 rings (SSSR count). The van der Waals surface area contributed by atoms with Crippen molar-refractivity contribution < 1.29 is 24.3 Å². The molecule has 1 aliphatic rings. The third kappa shape index (κ3) is 7.17. The van der Waals surface area contributed by atoms with Crippen molar-refractivity contribution in [3.63, 3.8) is 0 Å². The zero-order valence-electron chi connectivity index (χ0n) is 19.8. The second-order valence-electron chi connectivity index (χ2n) is 9.03. The van der Waals surface area contributed by atoms with Gasteiger partial charge in [0.25, 0.3) is 5.91 Å². The van der Waals surface area contributed by atoms with Gasteiger partial charge in [-0.2, -0.15) is 4.98 Å². The van der Waals surface area contributed by atoms with E-state index in [1.54, 1.807) is 12.1 Å². The molecule has 0 spiro atoms. The molecule has 182 valence electrons. The first kappa shape index (κ1) is 25.0. The highest BCUT2D eigenvalue weighted by Crippen LogP contribution is 2.26. The topological polar surface area (TPSA) is 121 Å². The summed E-state index contributed by atoms with van der Waals surface area (Å²) in [5, 5.41) is 24.9. The fraction of sp³-hybridized carbons (Fsp3) is 0.625. The molecule has 1 atom stereocenters. The standard InChI is InChI=1S/C24H36N4O5/c1-16(2)22-26-24(33-27-22)28-10-8-18(9-11-28)5-4-12-32-20-6-7-21(17(3)13-20)23(31)25-14-19(30)15-29/h6-7,13,16,18-19,29-30H,4-5,8-12,14-15H2,1-3H3,(H,25,31). The van der Waals surface area contributed by atoms with Crippen LogP contribution < -0.4 is 15.0 Å². The lowest BCUT2D eigenvalue weighted by Crippen LogP contribution is -2.34. The molecule has 0 radical (unpaired) electrons. The number of aromatic nitrogens is 2. The fourth-order valence-corrected chi connectivity index (χ4v) is 3.92. The molecule has 9 heteroatoms. The molecule has 0 bridgehead atoms. The molecule has 1 fully saturated rings. The van der Waals surface area contributed by atoms with Crippen LogP contribution in [0.1, 0.15) is 67.2 Å². The molecule has 0 saturated carbocycles. The van der Waals surface area contributed by atoms with Gasteiger partial charge in [0.15, 0.2) is 5.82 Å². The van der Waals surface area contributed by atoms with Crippen molar-refractivity contribution in [2.45, 2.75) is 58.5 Å². The molecular formula is C24H36N4O5. The Hall–Kier alpha value is -2.65. The molecule has 9 nitrogen and oxygen atoms in total. The van der Waals surface area contributed by atoms with Crippen molar-refractivity contribution >= 4 is 11.9 Å². The monoisotopic (exact) mass is 460 g/mol. The van der Waals surface area contributed by atoms with Gasteiger partial charge in [-0.3, -0.25) is 4.79 Å². The predicted molar refractivity (Wildman–Crippen MR) is 125 cm³/mol. The summed E-state index contributed by atoms with van der Waals surface area (Å²) in [5.41, 5.74) is 1.33. The molecule has 1 saturated heterocycles. The van der Waals surface area contributed by atoms with Gasteiger partial charge in [-0.1, -0.05) is 19.0 Å². The highest BCUT2D eigenvalue weighted by atomic mass is 16.5. The van der Waals surface area contributed by atoms with Crippen molar-refractivity contribution in [1.29, 1.82) is 0 Å². The third-order valence-electron chi connectivity index (χ3n) is 6.01. The van der Waals surface area contributed by atoms with Crippen molar-refractivity contribution in [2.75, 3.05) is 37.7 Å². The van der Waals surface area contributed by atoms with E-state index in [0.717, 1.165) is 55.9 Å². The summed E-state index contributed by atoms with van der Waals surface area (Å²) in [6.45, 7) is 8.10. The average molecular weight is 461 g/mol. The van der Waals surface area contributed by atoms with Gasteiger partial charge in [-0.25, -0.2) is 0 Å². The molecule has 1 amide bonds. The number of rotatable bonds is 11. The minimum atomic E-state index is -0.958. The number of hydrogen-bond acceptors (Lipinski definition) is 8. The number of hydrogen-bond donors (Lipinski definition) is 3. The minimum Gasteiger partial charge on any atom is -0.494 e. The fourth-order valence-electron chi connectivity index (χ4n) is 3.92. The van der Waals surface area contributed by atoms with Crippen LogP contribution in [0.3, 0.4) is 0 Å². The second-order valence-corrected chi connectivity index (χ2v) is 9.03. The summed E-state index contributed by atoms with van der Waals surface area (Å²) in [6, 6.07) is 6.01. The van der Waals surface area contributed by atoms with Crippen LogP contribution in [0.5, 0.6) is 5.75 Å². The van der Waals surface area contributed by atoms with Gasteiger partial charge in [0.2, 0.25) is 0 Å².